The fourth-order valence-corrected chi connectivity index (χ4v) is 2.45. The summed E-state index contributed by atoms with van der Waals surface area (Å²) < 4.78 is 0. The van der Waals surface area contributed by atoms with Gasteiger partial charge in [-0.1, -0.05) is 35.9 Å². The fraction of sp³-hybridized carbons (Fsp3) is 0.0588. The van der Waals surface area contributed by atoms with Gasteiger partial charge >= 0.3 is 0 Å². The number of carbonyl (C=O) groups is 1. The third-order valence-electron chi connectivity index (χ3n) is 3.40. The van der Waals surface area contributed by atoms with Crippen LogP contribution in [0.1, 0.15) is 10.4 Å². The van der Waals surface area contributed by atoms with Crippen molar-refractivity contribution in [2.75, 3.05) is 5.32 Å². The van der Waals surface area contributed by atoms with Crippen LogP contribution in [0.15, 0.2) is 54.7 Å². The Bertz CT molecular complexity index is 883. The molecule has 1 aromatic heterocycles. The highest BCUT2D eigenvalue weighted by Gasteiger charge is 2.19. The molecular weight excluding hydrogens is 316 g/mol. The second kappa shape index (κ2) is 6.24. The highest BCUT2D eigenvalue weighted by molar-refractivity contribution is 6.31. The average molecular weight is 329 g/mol. The van der Waals surface area contributed by atoms with Gasteiger partial charge in [0.2, 0.25) is 5.78 Å². The Morgan fingerprint density at radius 2 is 2.00 bits per heavy atom. The molecular formula is C17H13ClN2O3. The van der Waals surface area contributed by atoms with Crippen molar-refractivity contribution in [3.8, 4) is 5.75 Å². The van der Waals surface area contributed by atoms with Crippen LogP contribution in [-0.4, -0.2) is 27.2 Å². The number of halogens is 1. The normalized spacial score (nSPS) is 12.1. The zero-order chi connectivity index (χ0) is 16.4. The molecule has 1 heterocycles. The van der Waals surface area contributed by atoms with Gasteiger partial charge in [-0.3, -0.25) is 9.78 Å². The molecule has 0 amide bonds. The monoisotopic (exact) mass is 328 g/mol. The molecule has 23 heavy (non-hydrogen) atoms. The molecule has 3 aromatic rings. The molecule has 6 heteroatoms. The van der Waals surface area contributed by atoms with Crippen molar-refractivity contribution in [2.45, 2.75) is 6.23 Å². The van der Waals surface area contributed by atoms with E-state index in [1.807, 2.05) is 0 Å². The Hall–Kier alpha value is -2.63. The van der Waals surface area contributed by atoms with Gasteiger partial charge in [0.15, 0.2) is 12.0 Å². The summed E-state index contributed by atoms with van der Waals surface area (Å²) >= 11 is 5.84. The van der Waals surface area contributed by atoms with Crippen LogP contribution in [0, 0.1) is 0 Å². The highest BCUT2D eigenvalue weighted by atomic mass is 35.5. The van der Waals surface area contributed by atoms with E-state index < -0.39 is 12.0 Å². The summed E-state index contributed by atoms with van der Waals surface area (Å²) in [4.78, 5) is 16.3. The Morgan fingerprint density at radius 1 is 1.17 bits per heavy atom. The van der Waals surface area contributed by atoms with Crippen molar-refractivity contribution in [3.05, 3.63) is 65.3 Å². The van der Waals surface area contributed by atoms with E-state index in [1.165, 1.54) is 6.07 Å². The van der Waals surface area contributed by atoms with E-state index in [1.54, 1.807) is 48.7 Å². The Balaban J connectivity index is 1.86. The molecule has 3 rings (SSSR count). The number of aliphatic hydroxyl groups is 1. The quantitative estimate of drug-likeness (QED) is 0.389. The molecule has 0 unspecified atom stereocenters. The van der Waals surface area contributed by atoms with Crippen LogP contribution in [0.4, 0.5) is 5.69 Å². The largest absolute Gasteiger partial charge is 0.504 e. The Morgan fingerprint density at radius 3 is 2.78 bits per heavy atom. The van der Waals surface area contributed by atoms with Crippen LogP contribution in [-0.2, 0) is 0 Å². The van der Waals surface area contributed by atoms with Crippen molar-refractivity contribution in [1.29, 1.82) is 0 Å². The number of hydrogen-bond donors (Lipinski definition) is 3. The number of carbonyl (C=O) groups excluding carboxylic acids is 1. The zero-order valence-corrected chi connectivity index (χ0v) is 12.7. The van der Waals surface area contributed by atoms with Gasteiger partial charge in [-0.15, -0.1) is 0 Å². The molecule has 2 aromatic carbocycles. The number of ketones is 1. The van der Waals surface area contributed by atoms with Gasteiger partial charge < -0.3 is 15.5 Å². The SMILES string of the molecule is O=C(c1cccc(Cl)c1)[C@@H](O)Nc1ccc2cccnc2c1O. The highest BCUT2D eigenvalue weighted by Crippen LogP contribution is 2.31. The van der Waals surface area contributed by atoms with Gasteiger partial charge in [0, 0.05) is 22.2 Å². The third kappa shape index (κ3) is 3.11. The lowest BCUT2D eigenvalue weighted by Crippen LogP contribution is -2.29. The van der Waals surface area contributed by atoms with Gasteiger partial charge in [-0.25, -0.2) is 0 Å². The minimum atomic E-state index is -1.51. The van der Waals surface area contributed by atoms with E-state index in [9.17, 15) is 15.0 Å². The van der Waals surface area contributed by atoms with Crippen molar-refractivity contribution in [3.63, 3.8) is 0 Å². The van der Waals surface area contributed by atoms with Crippen molar-refractivity contribution < 1.29 is 15.0 Å². The van der Waals surface area contributed by atoms with Gasteiger partial charge in [0.1, 0.15) is 5.52 Å². The molecule has 0 aliphatic rings. The summed E-state index contributed by atoms with van der Waals surface area (Å²) in [7, 11) is 0. The molecule has 0 saturated carbocycles. The second-order valence-corrected chi connectivity index (χ2v) is 5.39. The number of phenols is 1. The predicted molar refractivity (Wildman–Crippen MR) is 88.8 cm³/mol. The van der Waals surface area contributed by atoms with Crippen LogP contribution in [0.3, 0.4) is 0 Å². The number of pyridine rings is 1. The first-order valence-electron chi connectivity index (χ1n) is 6.87. The minimum Gasteiger partial charge on any atom is -0.504 e. The van der Waals surface area contributed by atoms with E-state index in [-0.39, 0.29) is 17.0 Å². The van der Waals surface area contributed by atoms with E-state index in [0.29, 0.717) is 10.5 Å². The third-order valence-corrected chi connectivity index (χ3v) is 3.63. The molecule has 0 spiro atoms. The smallest absolute Gasteiger partial charge is 0.211 e. The van der Waals surface area contributed by atoms with Gasteiger partial charge in [0.05, 0.1) is 5.69 Å². The maximum absolute atomic E-state index is 12.2. The predicted octanol–water partition coefficient (Wildman–Crippen LogP) is 3.21. The molecule has 0 radical (unpaired) electrons. The van der Waals surface area contributed by atoms with Crippen molar-refractivity contribution in [1.82, 2.24) is 4.98 Å². The first-order valence-corrected chi connectivity index (χ1v) is 7.25. The number of aromatic nitrogens is 1. The van der Waals surface area contributed by atoms with Crippen LogP contribution >= 0.6 is 11.6 Å². The number of fused-ring (bicyclic) bond motifs is 1. The molecule has 0 saturated heterocycles. The molecule has 116 valence electrons. The second-order valence-electron chi connectivity index (χ2n) is 4.96. The first-order chi connectivity index (χ1) is 11.1. The van der Waals surface area contributed by atoms with E-state index in [2.05, 4.69) is 10.3 Å². The summed E-state index contributed by atoms with van der Waals surface area (Å²) in [6, 6.07) is 13.2. The number of nitrogens with one attached hydrogen (secondary N) is 1. The van der Waals surface area contributed by atoms with Crippen LogP contribution in [0.5, 0.6) is 5.75 Å². The number of anilines is 1. The molecule has 0 aliphatic carbocycles. The number of nitrogens with zero attached hydrogens (tertiary/aromatic N) is 1. The maximum atomic E-state index is 12.2. The maximum Gasteiger partial charge on any atom is 0.211 e. The van der Waals surface area contributed by atoms with E-state index in [0.717, 1.165) is 5.39 Å². The van der Waals surface area contributed by atoms with Gasteiger partial charge in [-0.2, -0.15) is 0 Å². The average Bonchev–Trinajstić information content (AvgIpc) is 2.57. The lowest BCUT2D eigenvalue weighted by molar-refractivity contribution is 0.0793. The summed E-state index contributed by atoms with van der Waals surface area (Å²) in [6.07, 6.45) is 0.0415. The summed E-state index contributed by atoms with van der Waals surface area (Å²) in [5.41, 5.74) is 0.884. The van der Waals surface area contributed by atoms with E-state index >= 15 is 0 Å². The molecule has 0 fully saturated rings. The number of aliphatic hydroxyl groups excluding tert-OH is 1. The molecule has 0 bridgehead atoms. The Kier molecular flexibility index (Phi) is 4.14. The topological polar surface area (TPSA) is 82.5 Å². The molecule has 5 nitrogen and oxygen atoms in total. The molecule has 1 atom stereocenters. The zero-order valence-electron chi connectivity index (χ0n) is 11.9. The minimum absolute atomic E-state index is 0.124. The molecule has 0 aliphatic heterocycles. The summed E-state index contributed by atoms with van der Waals surface area (Å²) in [5, 5.41) is 24.1. The van der Waals surface area contributed by atoms with Crippen molar-refractivity contribution in [2.24, 2.45) is 0 Å². The Labute approximate surface area is 137 Å². The molecule has 3 N–H and O–H groups in total. The van der Waals surface area contributed by atoms with Crippen molar-refractivity contribution >= 4 is 34.0 Å². The number of hydrogen-bond acceptors (Lipinski definition) is 5. The van der Waals surface area contributed by atoms with Gasteiger partial charge in [-0.05, 0) is 24.3 Å². The first kappa shape index (κ1) is 15.3. The summed E-state index contributed by atoms with van der Waals surface area (Å²) in [5.74, 6) is -0.672. The fourth-order valence-electron chi connectivity index (χ4n) is 2.26. The van der Waals surface area contributed by atoms with Gasteiger partial charge in [0.25, 0.3) is 0 Å². The summed E-state index contributed by atoms with van der Waals surface area (Å²) in [6.45, 7) is 0. The van der Waals surface area contributed by atoms with E-state index in [4.69, 9.17) is 11.6 Å². The number of phenolic OH excluding ortho intramolecular Hbond substituents is 1. The standard InChI is InChI=1S/C17H13ClN2O3/c18-12-5-1-3-11(9-12)15(21)17(23)20-13-7-6-10-4-2-8-19-14(10)16(13)22/h1-9,17,20,22-23H/t17-/m1/s1. The number of Topliss-reactive ketones (excluding diaryl/α,β-unsaturated/α-hetero) is 1. The van der Waals surface area contributed by atoms with Crippen LogP contribution in [0.25, 0.3) is 10.9 Å². The number of aromatic hydroxyl groups is 1. The van der Waals surface area contributed by atoms with Crippen LogP contribution < -0.4 is 5.32 Å². The lowest BCUT2D eigenvalue weighted by Gasteiger charge is -2.15. The lowest BCUT2D eigenvalue weighted by atomic mass is 10.1. The number of benzene rings is 2. The number of rotatable bonds is 4. The van der Waals surface area contributed by atoms with Crippen LogP contribution in [0.2, 0.25) is 5.02 Å².